The van der Waals surface area contributed by atoms with E-state index in [0.29, 0.717) is 6.61 Å². The molecule has 1 N–H and O–H groups in total. The second-order valence-electron chi connectivity index (χ2n) is 8.89. The third-order valence-electron chi connectivity index (χ3n) is 6.23. The van der Waals surface area contributed by atoms with Crippen molar-refractivity contribution >= 4 is 11.8 Å². The van der Waals surface area contributed by atoms with E-state index in [1.165, 1.54) is 11.1 Å². The topological polar surface area (TPSA) is 75.6 Å². The highest BCUT2D eigenvalue weighted by atomic mass is 16.5. The van der Waals surface area contributed by atoms with Crippen LogP contribution in [0.5, 0.6) is 5.75 Å². The molecule has 1 aliphatic rings. The first-order valence-corrected chi connectivity index (χ1v) is 11.5. The number of ether oxygens (including phenoxy) is 1. The largest absolute Gasteiger partial charge is 0.494 e. The van der Waals surface area contributed by atoms with Crippen LogP contribution in [-0.2, 0) is 11.2 Å². The van der Waals surface area contributed by atoms with Gasteiger partial charge in [0.05, 0.1) is 13.0 Å². The fourth-order valence-electron chi connectivity index (χ4n) is 4.54. The van der Waals surface area contributed by atoms with Crippen molar-refractivity contribution in [3.8, 4) is 17.1 Å². The van der Waals surface area contributed by atoms with Crippen molar-refractivity contribution in [3.05, 3.63) is 70.9 Å². The molecule has 0 radical (unpaired) electrons. The molecule has 3 aromatic rings. The molecule has 2 aromatic carbocycles. The maximum Gasteiger partial charge on any atom is 0.303 e. The van der Waals surface area contributed by atoms with Crippen LogP contribution < -0.4 is 9.64 Å². The van der Waals surface area contributed by atoms with Crippen molar-refractivity contribution in [1.82, 2.24) is 9.97 Å². The average molecular weight is 446 g/mol. The summed E-state index contributed by atoms with van der Waals surface area (Å²) in [6, 6.07) is 14.3. The Balaban J connectivity index is 1.32. The second-order valence-corrected chi connectivity index (χ2v) is 8.89. The highest BCUT2D eigenvalue weighted by molar-refractivity contribution is 5.68. The molecule has 1 aromatic heterocycles. The van der Waals surface area contributed by atoms with Crippen molar-refractivity contribution < 1.29 is 14.6 Å². The van der Waals surface area contributed by atoms with Gasteiger partial charge >= 0.3 is 5.97 Å². The molecule has 0 saturated heterocycles. The molecule has 6 nitrogen and oxygen atoms in total. The molecule has 0 aliphatic heterocycles. The first-order valence-electron chi connectivity index (χ1n) is 11.5. The van der Waals surface area contributed by atoms with Gasteiger partial charge in [0.25, 0.3) is 0 Å². The van der Waals surface area contributed by atoms with Gasteiger partial charge in [0, 0.05) is 30.9 Å². The lowest BCUT2D eigenvalue weighted by Gasteiger charge is -2.21. The van der Waals surface area contributed by atoms with E-state index in [1.54, 1.807) is 0 Å². The maximum atomic E-state index is 11.1. The smallest absolute Gasteiger partial charge is 0.303 e. The zero-order valence-corrected chi connectivity index (χ0v) is 19.5. The Bertz CT molecular complexity index is 1150. The number of carboxylic acid groups (broad SMARTS) is 1. The van der Waals surface area contributed by atoms with Crippen molar-refractivity contribution in [3.63, 3.8) is 0 Å². The van der Waals surface area contributed by atoms with E-state index in [2.05, 4.69) is 35.0 Å². The molecule has 0 amide bonds. The zero-order valence-electron chi connectivity index (χ0n) is 19.5. The van der Waals surface area contributed by atoms with Gasteiger partial charge in [-0.1, -0.05) is 29.8 Å². The molecular weight excluding hydrogens is 414 g/mol. The van der Waals surface area contributed by atoms with Gasteiger partial charge in [-0.15, -0.1) is 0 Å². The molecule has 1 atom stereocenters. The van der Waals surface area contributed by atoms with Crippen LogP contribution in [0.15, 0.2) is 48.7 Å². The number of fused-ring (bicyclic) bond motifs is 1. The lowest BCUT2D eigenvalue weighted by molar-refractivity contribution is -0.137. The zero-order chi connectivity index (χ0) is 23.4. The van der Waals surface area contributed by atoms with Crippen molar-refractivity contribution in [2.75, 3.05) is 25.1 Å². The van der Waals surface area contributed by atoms with Crippen molar-refractivity contribution in [2.24, 2.45) is 0 Å². The standard InChI is InChI=1S/C27H31N3O3/c1-18-6-4-7-22(14-18)26-28-17-19(2)27(29-26)30(3)12-5-13-33-23-10-11-24-20(15-23)8-9-21(24)16-25(31)32/h4,6-7,10-11,14-15,17,21H,5,8-9,12-13,16H2,1-3H3,(H,31,32)/t21-/m0/s1. The summed E-state index contributed by atoms with van der Waals surface area (Å²) < 4.78 is 5.99. The number of hydrogen-bond donors (Lipinski definition) is 1. The Hall–Kier alpha value is -3.41. The van der Waals surface area contributed by atoms with Crippen LogP contribution in [-0.4, -0.2) is 41.2 Å². The number of nitrogens with zero attached hydrogens (tertiary/aromatic N) is 3. The third-order valence-corrected chi connectivity index (χ3v) is 6.23. The van der Waals surface area contributed by atoms with Crippen LogP contribution in [0.4, 0.5) is 5.82 Å². The molecule has 1 heterocycles. The minimum absolute atomic E-state index is 0.126. The Labute approximate surface area is 195 Å². The fraction of sp³-hybridized carbons (Fsp3) is 0.370. The normalized spacial score (nSPS) is 14.7. The van der Waals surface area contributed by atoms with Crippen molar-refractivity contribution in [1.29, 1.82) is 0 Å². The number of rotatable bonds is 9. The monoisotopic (exact) mass is 445 g/mol. The molecule has 172 valence electrons. The van der Waals surface area contributed by atoms with Crippen LogP contribution in [0.2, 0.25) is 0 Å². The first-order chi connectivity index (χ1) is 15.9. The molecule has 0 saturated carbocycles. The number of anilines is 1. The first kappa shape index (κ1) is 22.8. The summed E-state index contributed by atoms with van der Waals surface area (Å²) in [7, 11) is 2.05. The van der Waals surface area contributed by atoms with Gasteiger partial charge in [-0.3, -0.25) is 4.79 Å². The third kappa shape index (κ3) is 5.51. The quantitative estimate of drug-likeness (QED) is 0.458. The van der Waals surface area contributed by atoms with E-state index < -0.39 is 5.97 Å². The molecule has 0 unspecified atom stereocenters. The van der Waals surface area contributed by atoms with E-state index in [1.807, 2.05) is 44.4 Å². The molecule has 0 spiro atoms. The van der Waals surface area contributed by atoms with Crippen LogP contribution in [0, 0.1) is 13.8 Å². The van der Waals surface area contributed by atoms with E-state index in [-0.39, 0.29) is 12.3 Å². The molecule has 0 fully saturated rings. The Morgan fingerprint density at radius 3 is 2.85 bits per heavy atom. The number of hydrogen-bond acceptors (Lipinski definition) is 5. The van der Waals surface area contributed by atoms with Crippen LogP contribution >= 0.6 is 0 Å². The van der Waals surface area contributed by atoms with Gasteiger partial charge in [0.1, 0.15) is 11.6 Å². The molecule has 6 heteroatoms. The Kier molecular flexibility index (Phi) is 6.92. The van der Waals surface area contributed by atoms with E-state index in [9.17, 15) is 4.79 Å². The minimum Gasteiger partial charge on any atom is -0.494 e. The number of aryl methyl sites for hydroxylation is 3. The van der Waals surface area contributed by atoms with Gasteiger partial charge < -0.3 is 14.7 Å². The van der Waals surface area contributed by atoms with Crippen LogP contribution in [0.3, 0.4) is 0 Å². The summed E-state index contributed by atoms with van der Waals surface area (Å²) in [6.07, 6.45) is 4.77. The van der Waals surface area contributed by atoms with Gasteiger partial charge in [-0.25, -0.2) is 9.97 Å². The summed E-state index contributed by atoms with van der Waals surface area (Å²) in [6.45, 7) is 5.53. The van der Waals surface area contributed by atoms with E-state index in [0.717, 1.165) is 59.9 Å². The molecule has 0 bridgehead atoms. The minimum atomic E-state index is -0.734. The molecule has 33 heavy (non-hydrogen) atoms. The molecule has 4 rings (SSSR count). The van der Waals surface area contributed by atoms with Crippen LogP contribution in [0.25, 0.3) is 11.4 Å². The second kappa shape index (κ2) is 10.0. The highest BCUT2D eigenvalue weighted by Gasteiger charge is 2.24. The summed E-state index contributed by atoms with van der Waals surface area (Å²) >= 11 is 0. The van der Waals surface area contributed by atoms with Gasteiger partial charge in [0.15, 0.2) is 5.82 Å². The number of aliphatic carboxylic acids is 1. The number of aromatic nitrogens is 2. The van der Waals surface area contributed by atoms with Crippen LogP contribution in [0.1, 0.15) is 47.4 Å². The predicted molar refractivity (Wildman–Crippen MR) is 130 cm³/mol. The van der Waals surface area contributed by atoms with Gasteiger partial charge in [-0.05, 0) is 68.4 Å². The number of carbonyl (C=O) groups is 1. The Morgan fingerprint density at radius 2 is 2.06 bits per heavy atom. The fourth-order valence-corrected chi connectivity index (χ4v) is 4.54. The molecular formula is C27H31N3O3. The predicted octanol–water partition coefficient (Wildman–Crippen LogP) is 5.17. The number of carboxylic acids is 1. The van der Waals surface area contributed by atoms with Gasteiger partial charge in [0.2, 0.25) is 0 Å². The lowest BCUT2D eigenvalue weighted by atomic mass is 9.98. The Morgan fingerprint density at radius 1 is 1.21 bits per heavy atom. The van der Waals surface area contributed by atoms with E-state index in [4.69, 9.17) is 14.8 Å². The summed E-state index contributed by atoms with van der Waals surface area (Å²) in [5.74, 6) is 1.92. The number of benzene rings is 2. The summed E-state index contributed by atoms with van der Waals surface area (Å²) in [4.78, 5) is 22.5. The van der Waals surface area contributed by atoms with Crippen molar-refractivity contribution in [2.45, 2.75) is 45.4 Å². The highest BCUT2D eigenvalue weighted by Crippen LogP contribution is 2.37. The molecule has 1 aliphatic carbocycles. The lowest BCUT2D eigenvalue weighted by Crippen LogP contribution is -2.22. The summed E-state index contributed by atoms with van der Waals surface area (Å²) in [5.41, 5.74) is 5.64. The average Bonchev–Trinajstić information content (AvgIpc) is 3.18. The van der Waals surface area contributed by atoms with Gasteiger partial charge in [-0.2, -0.15) is 0 Å². The maximum absolute atomic E-state index is 11.1. The SMILES string of the molecule is Cc1cccc(-c2ncc(C)c(N(C)CCCOc3ccc4c(c3)CC[C@H]4CC(=O)O)n2)c1. The van der Waals surface area contributed by atoms with E-state index >= 15 is 0 Å². The summed E-state index contributed by atoms with van der Waals surface area (Å²) in [5, 5.41) is 9.09.